The van der Waals surface area contributed by atoms with E-state index in [2.05, 4.69) is 9.98 Å². The van der Waals surface area contributed by atoms with E-state index in [1.54, 1.807) is 6.20 Å². The maximum absolute atomic E-state index is 11.9. The maximum Gasteiger partial charge on any atom is 0.348 e. The fourth-order valence-electron chi connectivity index (χ4n) is 3.00. The first-order chi connectivity index (χ1) is 13.0. The molecule has 4 rings (SSSR count). The Labute approximate surface area is 154 Å². The van der Waals surface area contributed by atoms with Crippen molar-refractivity contribution in [3.05, 3.63) is 60.3 Å². The third-order valence-electron chi connectivity index (χ3n) is 4.46. The van der Waals surface area contributed by atoms with E-state index in [9.17, 15) is 9.59 Å². The monoisotopic (exact) mass is 358 g/mol. The minimum atomic E-state index is -0.430. The number of pyridine rings is 1. The van der Waals surface area contributed by atoms with Gasteiger partial charge in [0.15, 0.2) is 6.29 Å². The average Bonchev–Trinajstić information content (AvgIpc) is 3.08. The largest absolute Gasteiger partial charge is 0.348 e. The van der Waals surface area contributed by atoms with Crippen LogP contribution in [0.2, 0.25) is 0 Å². The van der Waals surface area contributed by atoms with Crippen LogP contribution in [-0.2, 0) is 4.79 Å². The number of benzene rings is 2. The topological polar surface area (TPSA) is 114 Å². The van der Waals surface area contributed by atoms with Gasteiger partial charge in [-0.25, -0.2) is 4.79 Å². The van der Waals surface area contributed by atoms with Crippen molar-refractivity contribution in [2.45, 2.75) is 0 Å². The van der Waals surface area contributed by atoms with Crippen LogP contribution in [0.15, 0.2) is 59.7 Å². The van der Waals surface area contributed by atoms with E-state index >= 15 is 0 Å². The fourth-order valence-corrected chi connectivity index (χ4v) is 3.00. The standard InChI is InChI=1S/C20H15N5O2/c21-19(22)14-2-1-13-8-18(23-9-15(13)7-14)12-3-5-17(6-4-12)25-10-16(11-26)24-20(25)27/h1-9,11H,10H2,(H3,21,22)/p+1. The highest BCUT2D eigenvalue weighted by molar-refractivity contribution is 6.36. The van der Waals surface area contributed by atoms with Crippen LogP contribution < -0.4 is 16.0 Å². The van der Waals surface area contributed by atoms with Crippen molar-refractivity contribution < 1.29 is 15.0 Å². The summed E-state index contributed by atoms with van der Waals surface area (Å²) >= 11 is 0. The summed E-state index contributed by atoms with van der Waals surface area (Å²) in [6.45, 7) is 0.194. The molecule has 1 aliphatic heterocycles. The number of nitrogens with zero attached hydrogens (tertiary/aromatic N) is 3. The normalized spacial score (nSPS) is 13.7. The van der Waals surface area contributed by atoms with E-state index in [-0.39, 0.29) is 18.1 Å². The maximum atomic E-state index is 11.9. The zero-order valence-corrected chi connectivity index (χ0v) is 14.3. The molecule has 3 aromatic rings. The Kier molecular flexibility index (Phi) is 3.97. The Morgan fingerprint density at radius 1 is 1.11 bits per heavy atom. The second-order valence-corrected chi connectivity index (χ2v) is 6.22. The molecule has 2 heterocycles. The lowest BCUT2D eigenvalue weighted by atomic mass is 10.0. The number of rotatable bonds is 4. The van der Waals surface area contributed by atoms with Gasteiger partial charge < -0.3 is 0 Å². The smallest absolute Gasteiger partial charge is 0.296 e. The summed E-state index contributed by atoms with van der Waals surface area (Å²) in [5.41, 5.74) is 9.05. The van der Waals surface area contributed by atoms with Gasteiger partial charge >= 0.3 is 6.03 Å². The Morgan fingerprint density at radius 2 is 1.89 bits per heavy atom. The highest BCUT2D eigenvalue weighted by Gasteiger charge is 2.24. The molecule has 7 heteroatoms. The van der Waals surface area contributed by atoms with Crippen LogP contribution in [-0.4, -0.2) is 35.4 Å². The number of carbonyl (C=O) groups excluding carboxylic acids is 2. The molecule has 0 saturated carbocycles. The minimum absolute atomic E-state index is 0.194. The zero-order chi connectivity index (χ0) is 19.0. The van der Waals surface area contributed by atoms with Gasteiger partial charge in [0.05, 0.1) is 17.8 Å². The number of anilines is 1. The molecule has 2 aromatic carbocycles. The third-order valence-corrected chi connectivity index (χ3v) is 4.46. The van der Waals surface area contributed by atoms with Gasteiger partial charge in [-0.15, -0.1) is 0 Å². The van der Waals surface area contributed by atoms with E-state index in [4.69, 9.17) is 11.1 Å². The molecule has 27 heavy (non-hydrogen) atoms. The quantitative estimate of drug-likeness (QED) is 0.410. The number of amides is 2. The Hall–Kier alpha value is -3.87. The summed E-state index contributed by atoms with van der Waals surface area (Å²) in [6, 6.07) is 14.7. The first-order valence-electron chi connectivity index (χ1n) is 8.28. The first kappa shape index (κ1) is 16.6. The number of fused-ring (bicyclic) bond motifs is 1. The van der Waals surface area contributed by atoms with Gasteiger partial charge in [0.1, 0.15) is 5.71 Å². The van der Waals surface area contributed by atoms with Crippen molar-refractivity contribution in [2.75, 3.05) is 11.4 Å². The molecule has 4 N–H and O–H groups in total. The van der Waals surface area contributed by atoms with Crippen molar-refractivity contribution in [1.29, 1.82) is 0 Å². The van der Waals surface area contributed by atoms with Gasteiger partial charge in [0.25, 0.3) is 5.84 Å². The molecule has 0 saturated heterocycles. The van der Waals surface area contributed by atoms with E-state index in [1.807, 2.05) is 48.5 Å². The highest BCUT2D eigenvalue weighted by atomic mass is 16.2. The van der Waals surface area contributed by atoms with Gasteiger partial charge in [-0.2, -0.15) is 4.99 Å². The lowest BCUT2D eigenvalue weighted by molar-refractivity contribution is -0.114. The molecule has 1 aliphatic rings. The highest BCUT2D eigenvalue weighted by Crippen LogP contribution is 2.26. The van der Waals surface area contributed by atoms with E-state index in [1.165, 1.54) is 4.90 Å². The first-order valence-corrected chi connectivity index (χ1v) is 8.28. The molecule has 7 nitrogen and oxygen atoms in total. The number of aromatic nitrogens is 1. The summed E-state index contributed by atoms with van der Waals surface area (Å²) < 4.78 is 0. The molecule has 0 bridgehead atoms. The number of hydrogen-bond donors (Lipinski definition) is 2. The van der Waals surface area contributed by atoms with Crippen LogP contribution in [0.5, 0.6) is 0 Å². The summed E-state index contributed by atoms with van der Waals surface area (Å²) in [7, 11) is 0. The fraction of sp³-hybridized carbons (Fsp3) is 0.0500. The lowest BCUT2D eigenvalue weighted by Gasteiger charge is -2.14. The Morgan fingerprint density at radius 3 is 2.56 bits per heavy atom. The molecule has 0 spiro atoms. The summed E-state index contributed by atoms with van der Waals surface area (Å²) in [6.07, 6.45) is 2.38. The van der Waals surface area contributed by atoms with E-state index in [0.717, 1.165) is 27.6 Å². The summed E-state index contributed by atoms with van der Waals surface area (Å²) in [5, 5.41) is 7.61. The number of aldehydes is 1. The molecular formula is C20H16N5O2+. The molecule has 132 valence electrons. The lowest BCUT2D eigenvalue weighted by Crippen LogP contribution is -2.46. The van der Waals surface area contributed by atoms with Gasteiger partial charge in [-0.3, -0.25) is 25.8 Å². The SMILES string of the molecule is NC(=[NH2+])c1ccc2cc(-c3ccc(N4CC(C=O)=NC4=O)cc3)ncc2c1. The van der Waals surface area contributed by atoms with Crippen LogP contribution >= 0.6 is 0 Å². The van der Waals surface area contributed by atoms with Crippen LogP contribution in [0.1, 0.15) is 5.56 Å². The van der Waals surface area contributed by atoms with Crippen LogP contribution in [0.3, 0.4) is 0 Å². The molecule has 0 unspecified atom stereocenters. The second kappa shape index (κ2) is 6.45. The number of urea groups is 1. The van der Waals surface area contributed by atoms with E-state index in [0.29, 0.717) is 12.0 Å². The number of carbonyl (C=O) groups is 2. The molecule has 0 fully saturated rings. The van der Waals surface area contributed by atoms with Crippen LogP contribution in [0, 0.1) is 0 Å². The zero-order valence-electron chi connectivity index (χ0n) is 14.3. The Bertz CT molecular complexity index is 1120. The van der Waals surface area contributed by atoms with Crippen molar-refractivity contribution in [3.8, 4) is 11.3 Å². The van der Waals surface area contributed by atoms with Gasteiger partial charge in [0.2, 0.25) is 0 Å². The van der Waals surface area contributed by atoms with Gasteiger partial charge in [-0.1, -0.05) is 18.2 Å². The molecule has 2 amide bonds. The number of aliphatic imine (C=N–C) groups is 1. The summed E-state index contributed by atoms with van der Waals surface area (Å²) in [4.78, 5) is 32.3. The predicted molar refractivity (Wildman–Crippen MR) is 104 cm³/mol. The molecule has 0 aliphatic carbocycles. The number of nitrogens with two attached hydrogens (primary N) is 2. The third kappa shape index (κ3) is 3.06. The number of hydrogen-bond acceptors (Lipinski definition) is 3. The molecule has 0 radical (unpaired) electrons. The van der Waals surface area contributed by atoms with Crippen molar-refractivity contribution >= 4 is 40.3 Å². The van der Waals surface area contributed by atoms with Crippen molar-refractivity contribution in [1.82, 2.24) is 4.98 Å². The van der Waals surface area contributed by atoms with Crippen molar-refractivity contribution in [2.24, 2.45) is 10.7 Å². The average molecular weight is 358 g/mol. The predicted octanol–water partition coefficient (Wildman–Crippen LogP) is 0.946. The van der Waals surface area contributed by atoms with Gasteiger partial charge in [0, 0.05) is 22.8 Å². The number of amidine groups is 1. The Balaban J connectivity index is 1.62. The minimum Gasteiger partial charge on any atom is -0.296 e. The molecule has 0 atom stereocenters. The summed E-state index contributed by atoms with van der Waals surface area (Å²) in [5.74, 6) is 0.273. The molecule has 1 aromatic heterocycles. The molecular weight excluding hydrogens is 342 g/mol. The van der Waals surface area contributed by atoms with Crippen molar-refractivity contribution in [3.63, 3.8) is 0 Å². The van der Waals surface area contributed by atoms with Crippen LogP contribution in [0.25, 0.3) is 22.0 Å². The van der Waals surface area contributed by atoms with Gasteiger partial charge in [-0.05, 0) is 35.7 Å². The van der Waals surface area contributed by atoms with Crippen LogP contribution in [0.4, 0.5) is 10.5 Å². The van der Waals surface area contributed by atoms with E-state index < -0.39 is 6.03 Å². The second-order valence-electron chi connectivity index (χ2n) is 6.22.